The van der Waals surface area contributed by atoms with Crippen LogP contribution in [0.15, 0.2) is 18.4 Å². The van der Waals surface area contributed by atoms with E-state index in [0.717, 1.165) is 0 Å². The molecule has 0 heterocycles. The molecule has 0 fully saturated rings. The summed E-state index contributed by atoms with van der Waals surface area (Å²) in [4.78, 5) is 13.0. The minimum absolute atomic E-state index is 0.0930. The molecule has 0 saturated carbocycles. The summed E-state index contributed by atoms with van der Waals surface area (Å²) in [5, 5.41) is 8.78. The lowest BCUT2D eigenvalue weighted by Gasteiger charge is -2.25. The second-order valence-corrected chi connectivity index (χ2v) is 4.06. The molecule has 0 aliphatic heterocycles. The molecule has 15 heavy (non-hydrogen) atoms. The highest BCUT2D eigenvalue weighted by molar-refractivity contribution is 5.68. The van der Waals surface area contributed by atoms with Crippen LogP contribution in [-0.4, -0.2) is 41.4 Å². The first kappa shape index (κ1) is 13.8. The van der Waals surface area contributed by atoms with Gasteiger partial charge < -0.3 is 14.7 Å². The zero-order valence-corrected chi connectivity index (χ0v) is 9.62. The molecule has 0 spiro atoms. The Bertz CT molecular complexity index is 249. The summed E-state index contributed by atoms with van der Waals surface area (Å²) < 4.78 is 5.16. The average molecular weight is 213 g/mol. The van der Waals surface area contributed by atoms with Crippen molar-refractivity contribution in [2.45, 2.75) is 26.4 Å². The van der Waals surface area contributed by atoms with E-state index in [1.807, 2.05) is 0 Å². The van der Waals surface area contributed by atoms with Crippen LogP contribution in [0, 0.1) is 0 Å². The summed E-state index contributed by atoms with van der Waals surface area (Å²) in [5.41, 5.74) is 2.04. The first-order chi connectivity index (χ1) is 6.90. The Kier molecular flexibility index (Phi) is 5.75. The third-order valence-electron chi connectivity index (χ3n) is 1.48. The van der Waals surface area contributed by atoms with Gasteiger partial charge >= 0.3 is 6.09 Å². The van der Waals surface area contributed by atoms with E-state index >= 15 is 0 Å². The summed E-state index contributed by atoms with van der Waals surface area (Å²) in [6.45, 7) is 9.29. The predicted octanol–water partition coefficient (Wildman–Crippen LogP) is 1.56. The number of aliphatic hydroxyl groups is 1. The van der Waals surface area contributed by atoms with Crippen LogP contribution in [0.2, 0.25) is 0 Å². The van der Waals surface area contributed by atoms with Crippen molar-refractivity contribution in [1.29, 1.82) is 0 Å². The minimum atomic E-state index is -0.525. The van der Waals surface area contributed by atoms with Gasteiger partial charge in [0.2, 0.25) is 0 Å². The van der Waals surface area contributed by atoms with Gasteiger partial charge in [-0.25, -0.2) is 4.79 Å². The SMILES string of the molecule is C=C=CCN(CCO)C(=O)OC(C)(C)C. The van der Waals surface area contributed by atoms with Crippen LogP contribution in [-0.2, 0) is 4.74 Å². The van der Waals surface area contributed by atoms with Crippen LogP contribution in [0.1, 0.15) is 20.8 Å². The lowest BCUT2D eigenvalue weighted by Crippen LogP contribution is -2.38. The highest BCUT2D eigenvalue weighted by atomic mass is 16.6. The smallest absolute Gasteiger partial charge is 0.410 e. The highest BCUT2D eigenvalue weighted by Gasteiger charge is 2.20. The number of nitrogens with zero attached hydrogens (tertiary/aromatic N) is 1. The molecule has 0 aliphatic rings. The van der Waals surface area contributed by atoms with Gasteiger partial charge in [0.05, 0.1) is 6.61 Å². The summed E-state index contributed by atoms with van der Waals surface area (Å²) in [7, 11) is 0. The molecule has 1 amide bonds. The summed E-state index contributed by atoms with van der Waals surface area (Å²) in [6.07, 6.45) is 1.17. The van der Waals surface area contributed by atoms with E-state index in [1.54, 1.807) is 26.8 Å². The Morgan fingerprint density at radius 2 is 2.20 bits per heavy atom. The molecule has 0 atom stereocenters. The van der Waals surface area contributed by atoms with Crippen LogP contribution in [0.3, 0.4) is 0 Å². The van der Waals surface area contributed by atoms with Gasteiger partial charge in [-0.2, -0.15) is 0 Å². The number of carbonyl (C=O) groups is 1. The van der Waals surface area contributed by atoms with E-state index in [9.17, 15) is 4.79 Å². The summed E-state index contributed by atoms with van der Waals surface area (Å²) in [6, 6.07) is 0. The maximum Gasteiger partial charge on any atom is 0.410 e. The molecular weight excluding hydrogens is 194 g/mol. The molecule has 1 N–H and O–H groups in total. The Morgan fingerprint density at radius 3 is 2.60 bits per heavy atom. The van der Waals surface area contributed by atoms with Crippen LogP contribution >= 0.6 is 0 Å². The van der Waals surface area contributed by atoms with Crippen molar-refractivity contribution < 1.29 is 14.6 Å². The number of hydrogen-bond donors (Lipinski definition) is 1. The van der Waals surface area contributed by atoms with Crippen molar-refractivity contribution in [1.82, 2.24) is 4.90 Å². The minimum Gasteiger partial charge on any atom is -0.444 e. The normalized spacial score (nSPS) is 10.4. The fraction of sp³-hybridized carbons (Fsp3) is 0.636. The standard InChI is InChI=1S/C11H19NO3/c1-5-6-7-12(8-9-13)10(14)15-11(2,3)4/h6,13H,1,7-9H2,2-4H3. The third kappa shape index (κ3) is 6.77. The zero-order valence-electron chi connectivity index (χ0n) is 9.62. The largest absolute Gasteiger partial charge is 0.444 e. The number of amides is 1. The number of hydrogen-bond acceptors (Lipinski definition) is 3. The van der Waals surface area contributed by atoms with Gasteiger partial charge in [-0.1, -0.05) is 6.58 Å². The zero-order chi connectivity index (χ0) is 11.9. The molecule has 0 bridgehead atoms. The number of aliphatic hydroxyl groups excluding tert-OH is 1. The van der Waals surface area contributed by atoms with Gasteiger partial charge in [0.25, 0.3) is 0 Å². The van der Waals surface area contributed by atoms with Gasteiger partial charge in [0.15, 0.2) is 0 Å². The van der Waals surface area contributed by atoms with E-state index in [-0.39, 0.29) is 13.2 Å². The number of ether oxygens (including phenoxy) is 1. The van der Waals surface area contributed by atoms with Crippen molar-refractivity contribution in [3.63, 3.8) is 0 Å². The van der Waals surface area contributed by atoms with Crippen LogP contribution in [0.25, 0.3) is 0 Å². The highest BCUT2D eigenvalue weighted by Crippen LogP contribution is 2.09. The molecule has 0 aromatic heterocycles. The van der Waals surface area contributed by atoms with Crippen molar-refractivity contribution >= 4 is 6.09 Å². The fourth-order valence-corrected chi connectivity index (χ4v) is 0.879. The molecule has 0 rings (SSSR count). The molecule has 4 nitrogen and oxygen atoms in total. The van der Waals surface area contributed by atoms with Gasteiger partial charge in [-0.05, 0) is 26.8 Å². The molecule has 0 aromatic rings. The Labute approximate surface area is 90.8 Å². The average Bonchev–Trinajstić information content (AvgIpc) is 2.09. The molecular formula is C11H19NO3. The molecule has 0 unspecified atom stereocenters. The predicted molar refractivity (Wildman–Crippen MR) is 58.6 cm³/mol. The first-order valence-electron chi connectivity index (χ1n) is 4.84. The number of carbonyl (C=O) groups excluding carboxylic acids is 1. The van der Waals surface area contributed by atoms with Gasteiger partial charge in [-0.3, -0.25) is 0 Å². The molecule has 0 aromatic carbocycles. The van der Waals surface area contributed by atoms with Crippen LogP contribution < -0.4 is 0 Å². The number of rotatable bonds is 4. The van der Waals surface area contributed by atoms with Crippen molar-refractivity contribution in [3.05, 3.63) is 18.4 Å². The quantitative estimate of drug-likeness (QED) is 0.721. The van der Waals surface area contributed by atoms with E-state index < -0.39 is 11.7 Å². The van der Waals surface area contributed by atoms with E-state index in [4.69, 9.17) is 9.84 Å². The fourth-order valence-electron chi connectivity index (χ4n) is 0.879. The monoisotopic (exact) mass is 213 g/mol. The maximum atomic E-state index is 11.6. The Balaban J connectivity index is 4.34. The third-order valence-corrected chi connectivity index (χ3v) is 1.48. The van der Waals surface area contributed by atoms with Crippen molar-refractivity contribution in [2.24, 2.45) is 0 Å². The van der Waals surface area contributed by atoms with Crippen molar-refractivity contribution in [3.8, 4) is 0 Å². The summed E-state index contributed by atoms with van der Waals surface area (Å²) >= 11 is 0. The topological polar surface area (TPSA) is 49.8 Å². The van der Waals surface area contributed by atoms with Crippen molar-refractivity contribution in [2.75, 3.05) is 19.7 Å². The van der Waals surface area contributed by atoms with E-state index in [1.165, 1.54) is 4.90 Å². The first-order valence-corrected chi connectivity index (χ1v) is 4.84. The molecule has 4 heteroatoms. The van der Waals surface area contributed by atoms with E-state index in [0.29, 0.717) is 6.54 Å². The molecule has 0 aliphatic carbocycles. The molecule has 86 valence electrons. The van der Waals surface area contributed by atoms with Crippen LogP contribution in [0.5, 0.6) is 0 Å². The summed E-state index contributed by atoms with van der Waals surface area (Å²) in [5.74, 6) is 0. The maximum absolute atomic E-state index is 11.6. The second kappa shape index (κ2) is 6.27. The Hall–Kier alpha value is -1.25. The lowest BCUT2D eigenvalue weighted by molar-refractivity contribution is 0.0243. The van der Waals surface area contributed by atoms with Gasteiger partial charge in [0, 0.05) is 13.1 Å². The van der Waals surface area contributed by atoms with Crippen LogP contribution in [0.4, 0.5) is 4.79 Å². The van der Waals surface area contributed by atoms with Gasteiger partial charge in [0.1, 0.15) is 5.60 Å². The molecule has 0 saturated heterocycles. The van der Waals surface area contributed by atoms with Gasteiger partial charge in [-0.15, -0.1) is 5.73 Å². The van der Waals surface area contributed by atoms with E-state index in [2.05, 4.69) is 12.3 Å². The second-order valence-electron chi connectivity index (χ2n) is 4.06. The lowest BCUT2D eigenvalue weighted by atomic mass is 10.2. The Morgan fingerprint density at radius 1 is 1.60 bits per heavy atom. The molecule has 0 radical (unpaired) electrons.